The lowest BCUT2D eigenvalue weighted by Gasteiger charge is -2.25. The number of morpholine rings is 1. The molecule has 2 aromatic heterocycles. The van der Waals surface area contributed by atoms with E-state index in [0.29, 0.717) is 21.8 Å². The summed E-state index contributed by atoms with van der Waals surface area (Å²) in [4.78, 5) is 24.7. The van der Waals surface area contributed by atoms with Crippen molar-refractivity contribution in [2.24, 2.45) is 0 Å². The van der Waals surface area contributed by atoms with Gasteiger partial charge < -0.3 is 19.9 Å². The van der Waals surface area contributed by atoms with E-state index in [4.69, 9.17) is 26.2 Å². The zero-order valence-corrected chi connectivity index (χ0v) is 23.6. The number of halogens is 2. The maximum Gasteiger partial charge on any atom is 0.305 e. The number of nitrogens with zero attached hydrogens (tertiary/aromatic N) is 5. The summed E-state index contributed by atoms with van der Waals surface area (Å²) in [6.07, 6.45) is 2.91. The number of pyridine rings is 1. The van der Waals surface area contributed by atoms with Gasteiger partial charge in [-0.1, -0.05) is 31.5 Å². The van der Waals surface area contributed by atoms with Crippen LogP contribution in [0.1, 0.15) is 19.5 Å². The van der Waals surface area contributed by atoms with Crippen molar-refractivity contribution in [3.8, 4) is 5.75 Å². The summed E-state index contributed by atoms with van der Waals surface area (Å²) in [5.74, 6) is -0.214. The SMILES string of the molecule is CC.O=[N+]([O-])c1cc2c(Nc3ccc(OCc4ccccn4)c(Cl)c3)ncnc2cc1F.OCCN1CCOCC1. The number of β-amino-alcohol motifs (C(OH)–C–C–N with tert-alkyl or cyclic N) is 1. The van der Waals surface area contributed by atoms with Crippen molar-refractivity contribution < 1.29 is 23.9 Å². The van der Waals surface area contributed by atoms with Gasteiger partial charge in [-0.25, -0.2) is 9.97 Å². The molecule has 0 radical (unpaired) electrons. The molecule has 0 unspecified atom stereocenters. The molecule has 5 rings (SSSR count). The van der Waals surface area contributed by atoms with Crippen LogP contribution in [0.3, 0.4) is 0 Å². The van der Waals surface area contributed by atoms with Gasteiger partial charge in [-0.05, 0) is 30.3 Å². The van der Waals surface area contributed by atoms with Crippen molar-refractivity contribution in [1.82, 2.24) is 19.9 Å². The summed E-state index contributed by atoms with van der Waals surface area (Å²) in [6, 6.07) is 12.6. The molecule has 0 spiro atoms. The minimum absolute atomic E-state index is 0.233. The summed E-state index contributed by atoms with van der Waals surface area (Å²) in [5, 5.41) is 23.3. The first-order valence-corrected chi connectivity index (χ1v) is 13.4. The van der Waals surface area contributed by atoms with Crippen LogP contribution in [-0.2, 0) is 11.3 Å². The molecule has 3 heterocycles. The number of nitro groups is 1. The van der Waals surface area contributed by atoms with Gasteiger partial charge in [0.1, 0.15) is 24.5 Å². The fraction of sp³-hybridized carbons (Fsp3) is 0.321. The van der Waals surface area contributed by atoms with Gasteiger partial charge in [0.25, 0.3) is 0 Å². The van der Waals surface area contributed by atoms with E-state index in [2.05, 4.69) is 25.2 Å². The Labute approximate surface area is 242 Å². The van der Waals surface area contributed by atoms with Crippen LogP contribution in [-0.4, -0.2) is 69.3 Å². The van der Waals surface area contributed by atoms with Gasteiger partial charge in [-0.3, -0.25) is 20.0 Å². The minimum Gasteiger partial charge on any atom is -0.486 e. The fourth-order valence-corrected chi connectivity index (χ4v) is 3.97. The number of fused-ring (bicyclic) bond motifs is 1. The van der Waals surface area contributed by atoms with E-state index in [9.17, 15) is 14.5 Å². The van der Waals surface area contributed by atoms with Crippen LogP contribution in [0, 0.1) is 15.9 Å². The third kappa shape index (κ3) is 9.29. The van der Waals surface area contributed by atoms with E-state index < -0.39 is 16.4 Å². The summed E-state index contributed by atoms with van der Waals surface area (Å²) in [7, 11) is 0. The van der Waals surface area contributed by atoms with Crippen molar-refractivity contribution in [1.29, 1.82) is 0 Å². The average molecular weight is 587 g/mol. The number of benzene rings is 2. The third-order valence-electron chi connectivity index (χ3n) is 5.72. The molecule has 0 atom stereocenters. The zero-order chi connectivity index (χ0) is 29.6. The number of hydrogen-bond donors (Lipinski definition) is 2. The van der Waals surface area contributed by atoms with Crippen molar-refractivity contribution in [3.63, 3.8) is 0 Å². The number of nitrogens with one attached hydrogen (secondary N) is 1. The molecule has 2 aromatic carbocycles. The fourth-order valence-electron chi connectivity index (χ4n) is 3.74. The first kappa shape index (κ1) is 31.6. The van der Waals surface area contributed by atoms with Crippen LogP contribution < -0.4 is 10.1 Å². The van der Waals surface area contributed by atoms with Gasteiger partial charge in [0.2, 0.25) is 5.82 Å². The smallest absolute Gasteiger partial charge is 0.305 e. The maximum atomic E-state index is 13.9. The number of hydrogen-bond acceptors (Lipinski definition) is 10. The second kappa shape index (κ2) is 16.3. The molecule has 13 heteroatoms. The molecule has 0 aliphatic carbocycles. The number of anilines is 2. The van der Waals surface area contributed by atoms with E-state index in [0.717, 1.165) is 50.7 Å². The molecule has 0 amide bonds. The normalized spacial score (nSPS) is 12.9. The molecule has 4 aromatic rings. The van der Waals surface area contributed by atoms with E-state index >= 15 is 0 Å². The number of aromatic nitrogens is 3. The second-order valence-corrected chi connectivity index (χ2v) is 8.76. The largest absolute Gasteiger partial charge is 0.486 e. The Morgan fingerprint density at radius 2 is 1.93 bits per heavy atom. The van der Waals surface area contributed by atoms with E-state index in [1.54, 1.807) is 24.4 Å². The van der Waals surface area contributed by atoms with Gasteiger partial charge in [-0.15, -0.1) is 0 Å². The Balaban J connectivity index is 0.000000355. The Morgan fingerprint density at radius 3 is 2.59 bits per heavy atom. The average Bonchev–Trinajstić information content (AvgIpc) is 2.99. The van der Waals surface area contributed by atoms with E-state index in [1.807, 2.05) is 32.0 Å². The predicted octanol–water partition coefficient (Wildman–Crippen LogP) is 5.39. The van der Waals surface area contributed by atoms with E-state index in [-0.39, 0.29) is 24.5 Å². The Bertz CT molecular complexity index is 1410. The first-order chi connectivity index (χ1) is 19.9. The minimum atomic E-state index is -0.963. The zero-order valence-electron chi connectivity index (χ0n) is 22.8. The lowest BCUT2D eigenvalue weighted by molar-refractivity contribution is -0.387. The van der Waals surface area contributed by atoms with Crippen LogP contribution in [0.4, 0.5) is 21.6 Å². The van der Waals surface area contributed by atoms with Crippen molar-refractivity contribution in [2.75, 3.05) is 44.8 Å². The summed E-state index contributed by atoms with van der Waals surface area (Å²) in [6.45, 7) is 8.91. The standard InChI is InChI=1S/C20H13ClFN5O3.C6H13NO2.C2H6/c21-15-7-12(4-5-19(15)30-10-13-3-1-2-6-23-13)26-20-14-8-18(27(28)29)16(22)9-17(14)24-11-25-20;8-4-1-7-2-5-9-6-3-7;1-2/h1-9,11H,10H2,(H,24,25,26);8H,1-6H2;1-2H3. The summed E-state index contributed by atoms with van der Waals surface area (Å²) in [5.41, 5.74) is 0.905. The first-order valence-electron chi connectivity index (χ1n) is 13.0. The van der Waals surface area contributed by atoms with Crippen LogP contribution in [0.2, 0.25) is 5.02 Å². The summed E-state index contributed by atoms with van der Waals surface area (Å²) >= 11 is 6.31. The molecule has 1 fully saturated rings. The lowest BCUT2D eigenvalue weighted by Crippen LogP contribution is -2.37. The highest BCUT2D eigenvalue weighted by molar-refractivity contribution is 6.32. The van der Waals surface area contributed by atoms with Gasteiger partial charge in [0.15, 0.2) is 0 Å². The van der Waals surface area contributed by atoms with E-state index in [1.165, 1.54) is 6.33 Å². The predicted molar refractivity (Wildman–Crippen MR) is 155 cm³/mol. The molecule has 1 aliphatic rings. The lowest BCUT2D eigenvalue weighted by atomic mass is 10.2. The topological polar surface area (TPSA) is 136 Å². The van der Waals surface area contributed by atoms with Gasteiger partial charge in [-0.2, -0.15) is 4.39 Å². The molecule has 2 N–H and O–H groups in total. The molecule has 0 bridgehead atoms. The molecule has 41 heavy (non-hydrogen) atoms. The van der Waals surface area contributed by atoms with Gasteiger partial charge in [0, 0.05) is 43.7 Å². The Kier molecular flexibility index (Phi) is 12.6. The molecule has 11 nitrogen and oxygen atoms in total. The Hall–Kier alpha value is -3.97. The molecule has 218 valence electrons. The molecule has 1 aliphatic heterocycles. The highest BCUT2D eigenvalue weighted by Crippen LogP contribution is 2.32. The number of nitro benzene ring substituents is 1. The number of rotatable bonds is 8. The monoisotopic (exact) mass is 586 g/mol. The third-order valence-corrected chi connectivity index (χ3v) is 6.01. The molecular formula is C28H32ClFN6O5. The van der Waals surface area contributed by atoms with Crippen LogP contribution >= 0.6 is 11.6 Å². The number of ether oxygens (including phenoxy) is 2. The van der Waals surface area contributed by atoms with Crippen LogP contribution in [0.25, 0.3) is 10.9 Å². The van der Waals surface area contributed by atoms with Gasteiger partial charge in [0.05, 0.1) is 46.4 Å². The number of aliphatic hydroxyl groups excluding tert-OH is 1. The molecule has 1 saturated heterocycles. The van der Waals surface area contributed by atoms with Crippen LogP contribution in [0.15, 0.2) is 61.1 Å². The van der Waals surface area contributed by atoms with Gasteiger partial charge >= 0.3 is 5.69 Å². The summed E-state index contributed by atoms with van der Waals surface area (Å²) < 4.78 is 24.7. The number of aliphatic hydroxyl groups is 1. The quantitative estimate of drug-likeness (QED) is 0.204. The molecular weight excluding hydrogens is 555 g/mol. The maximum absolute atomic E-state index is 13.9. The van der Waals surface area contributed by atoms with Crippen molar-refractivity contribution in [3.05, 3.63) is 87.7 Å². The van der Waals surface area contributed by atoms with Crippen LogP contribution in [0.5, 0.6) is 5.75 Å². The highest BCUT2D eigenvalue weighted by atomic mass is 35.5. The van der Waals surface area contributed by atoms with Crippen molar-refractivity contribution in [2.45, 2.75) is 20.5 Å². The van der Waals surface area contributed by atoms with Crippen molar-refractivity contribution >= 4 is 39.7 Å². The Morgan fingerprint density at radius 1 is 1.15 bits per heavy atom. The second-order valence-electron chi connectivity index (χ2n) is 8.36. The highest BCUT2D eigenvalue weighted by Gasteiger charge is 2.18. The molecule has 0 saturated carbocycles.